The standard InChI is InChI=1S/C23H28N2O/c1-18-9-11-19(12-10-18)15-20-7-3-4-8-22(20)23(26)25-16-21(17-25)24-13-5-2-6-14-24/h3-4,7-12,21H,2,5-6,13-17H2,1H3. The molecule has 1 amide bonds. The summed E-state index contributed by atoms with van der Waals surface area (Å²) in [7, 11) is 0. The molecule has 0 atom stereocenters. The SMILES string of the molecule is Cc1ccc(Cc2ccccc2C(=O)N2CC(N3CCCCC3)C2)cc1. The van der Waals surface area contributed by atoms with Crippen LogP contribution in [0.1, 0.15) is 46.3 Å². The van der Waals surface area contributed by atoms with Crippen molar-refractivity contribution < 1.29 is 4.79 Å². The summed E-state index contributed by atoms with van der Waals surface area (Å²) < 4.78 is 0. The number of carbonyl (C=O) groups is 1. The number of nitrogens with zero attached hydrogens (tertiary/aromatic N) is 2. The van der Waals surface area contributed by atoms with Crippen LogP contribution in [0.2, 0.25) is 0 Å². The lowest BCUT2D eigenvalue weighted by atomic mass is 9.96. The van der Waals surface area contributed by atoms with Gasteiger partial charge in [-0.05, 0) is 56.5 Å². The number of piperidine rings is 1. The van der Waals surface area contributed by atoms with Crippen LogP contribution in [0.5, 0.6) is 0 Å². The molecule has 2 aliphatic rings. The van der Waals surface area contributed by atoms with Crippen LogP contribution < -0.4 is 0 Å². The molecule has 2 fully saturated rings. The second-order valence-corrected chi connectivity index (χ2v) is 7.78. The number of likely N-dealkylation sites (tertiary alicyclic amines) is 2. The summed E-state index contributed by atoms with van der Waals surface area (Å²) >= 11 is 0. The molecule has 3 nitrogen and oxygen atoms in total. The average molecular weight is 348 g/mol. The highest BCUT2D eigenvalue weighted by Gasteiger charge is 2.35. The molecular weight excluding hydrogens is 320 g/mol. The lowest BCUT2D eigenvalue weighted by Gasteiger charge is -2.46. The van der Waals surface area contributed by atoms with Crippen LogP contribution in [-0.4, -0.2) is 47.9 Å². The van der Waals surface area contributed by atoms with Crippen molar-refractivity contribution in [2.24, 2.45) is 0 Å². The third-order valence-electron chi connectivity index (χ3n) is 5.82. The zero-order valence-corrected chi connectivity index (χ0v) is 15.7. The molecule has 4 rings (SSSR count). The van der Waals surface area contributed by atoms with E-state index in [0.717, 1.165) is 30.6 Å². The summed E-state index contributed by atoms with van der Waals surface area (Å²) in [6.07, 6.45) is 4.79. The number of aryl methyl sites for hydroxylation is 1. The van der Waals surface area contributed by atoms with Gasteiger partial charge in [-0.3, -0.25) is 9.69 Å². The van der Waals surface area contributed by atoms with Crippen molar-refractivity contribution >= 4 is 5.91 Å². The molecule has 3 heteroatoms. The number of carbonyl (C=O) groups excluding carboxylic acids is 1. The van der Waals surface area contributed by atoms with Gasteiger partial charge in [0.05, 0.1) is 0 Å². The molecule has 2 aliphatic heterocycles. The highest BCUT2D eigenvalue weighted by molar-refractivity contribution is 5.96. The molecule has 26 heavy (non-hydrogen) atoms. The average Bonchev–Trinajstić information content (AvgIpc) is 2.64. The zero-order valence-electron chi connectivity index (χ0n) is 15.7. The van der Waals surface area contributed by atoms with E-state index in [1.54, 1.807) is 0 Å². The molecule has 2 aromatic rings. The van der Waals surface area contributed by atoms with Crippen LogP contribution in [0.15, 0.2) is 48.5 Å². The van der Waals surface area contributed by atoms with Crippen molar-refractivity contribution in [2.75, 3.05) is 26.2 Å². The maximum absolute atomic E-state index is 13.0. The van der Waals surface area contributed by atoms with Gasteiger partial charge < -0.3 is 4.90 Å². The molecule has 0 bridgehead atoms. The highest BCUT2D eigenvalue weighted by Crippen LogP contribution is 2.24. The van der Waals surface area contributed by atoms with Gasteiger partial charge in [-0.1, -0.05) is 54.4 Å². The summed E-state index contributed by atoms with van der Waals surface area (Å²) in [6, 6.07) is 17.3. The topological polar surface area (TPSA) is 23.6 Å². The van der Waals surface area contributed by atoms with Gasteiger partial charge in [0.25, 0.3) is 5.91 Å². The van der Waals surface area contributed by atoms with Crippen LogP contribution in [0.3, 0.4) is 0 Å². The van der Waals surface area contributed by atoms with Crippen LogP contribution in [0.25, 0.3) is 0 Å². The monoisotopic (exact) mass is 348 g/mol. The van der Waals surface area contributed by atoms with E-state index in [2.05, 4.69) is 42.2 Å². The van der Waals surface area contributed by atoms with Gasteiger partial charge in [0.15, 0.2) is 0 Å². The van der Waals surface area contributed by atoms with E-state index in [-0.39, 0.29) is 5.91 Å². The summed E-state index contributed by atoms with van der Waals surface area (Å²) in [4.78, 5) is 17.6. The van der Waals surface area contributed by atoms with Crippen LogP contribution in [-0.2, 0) is 6.42 Å². The van der Waals surface area contributed by atoms with Crippen molar-refractivity contribution in [2.45, 2.75) is 38.6 Å². The van der Waals surface area contributed by atoms with Gasteiger partial charge in [-0.2, -0.15) is 0 Å². The molecule has 0 saturated carbocycles. The van der Waals surface area contributed by atoms with Gasteiger partial charge in [0.2, 0.25) is 0 Å². The molecule has 2 saturated heterocycles. The summed E-state index contributed by atoms with van der Waals surface area (Å²) in [5.41, 5.74) is 4.51. The first-order valence-corrected chi connectivity index (χ1v) is 9.87. The Labute approximate surface area is 156 Å². The third kappa shape index (κ3) is 3.68. The van der Waals surface area contributed by atoms with Gasteiger partial charge >= 0.3 is 0 Å². The molecule has 0 radical (unpaired) electrons. The first-order valence-electron chi connectivity index (χ1n) is 9.87. The summed E-state index contributed by atoms with van der Waals surface area (Å²) in [5, 5.41) is 0. The smallest absolute Gasteiger partial charge is 0.254 e. The van der Waals surface area contributed by atoms with Crippen molar-refractivity contribution in [1.29, 1.82) is 0 Å². The third-order valence-corrected chi connectivity index (χ3v) is 5.82. The van der Waals surface area contributed by atoms with Crippen molar-refractivity contribution in [3.8, 4) is 0 Å². The van der Waals surface area contributed by atoms with Crippen molar-refractivity contribution in [3.63, 3.8) is 0 Å². The van der Waals surface area contributed by atoms with Crippen LogP contribution in [0.4, 0.5) is 0 Å². The highest BCUT2D eigenvalue weighted by atomic mass is 16.2. The first kappa shape index (κ1) is 17.3. The van der Waals surface area contributed by atoms with E-state index in [9.17, 15) is 4.79 Å². The maximum Gasteiger partial charge on any atom is 0.254 e. The Kier molecular flexibility index (Phi) is 5.07. The fourth-order valence-corrected chi connectivity index (χ4v) is 4.11. The van der Waals surface area contributed by atoms with Gasteiger partial charge in [-0.25, -0.2) is 0 Å². The Hall–Kier alpha value is -2.13. The molecule has 0 unspecified atom stereocenters. The lowest BCUT2D eigenvalue weighted by molar-refractivity contribution is 0.0203. The fraction of sp³-hybridized carbons (Fsp3) is 0.435. The van der Waals surface area contributed by atoms with E-state index < -0.39 is 0 Å². The summed E-state index contributed by atoms with van der Waals surface area (Å²) in [6.45, 7) is 6.28. The van der Waals surface area contributed by atoms with Crippen molar-refractivity contribution in [1.82, 2.24) is 9.80 Å². The normalized spacial score (nSPS) is 18.6. The Morgan fingerprint density at radius 3 is 2.38 bits per heavy atom. The van der Waals surface area contributed by atoms with E-state index in [1.165, 1.54) is 43.5 Å². The zero-order chi connectivity index (χ0) is 17.9. The van der Waals surface area contributed by atoms with Crippen molar-refractivity contribution in [3.05, 3.63) is 70.8 Å². The van der Waals surface area contributed by atoms with Crippen LogP contribution in [0, 0.1) is 6.92 Å². The predicted octanol–water partition coefficient (Wildman–Crippen LogP) is 3.90. The van der Waals surface area contributed by atoms with E-state index in [1.807, 2.05) is 23.1 Å². The lowest BCUT2D eigenvalue weighted by Crippen LogP contribution is -2.61. The van der Waals surface area contributed by atoms with E-state index in [0.29, 0.717) is 6.04 Å². The second-order valence-electron chi connectivity index (χ2n) is 7.78. The largest absolute Gasteiger partial charge is 0.335 e. The number of hydrogen-bond donors (Lipinski definition) is 0. The minimum Gasteiger partial charge on any atom is -0.335 e. The molecule has 0 N–H and O–H groups in total. The van der Waals surface area contributed by atoms with Crippen LogP contribution >= 0.6 is 0 Å². The molecule has 0 aliphatic carbocycles. The Morgan fingerprint density at radius 2 is 1.65 bits per heavy atom. The number of amides is 1. The molecule has 0 spiro atoms. The molecule has 2 aromatic carbocycles. The fourth-order valence-electron chi connectivity index (χ4n) is 4.11. The number of rotatable bonds is 4. The predicted molar refractivity (Wildman–Crippen MR) is 106 cm³/mol. The summed E-state index contributed by atoms with van der Waals surface area (Å²) in [5.74, 6) is 0.195. The molecule has 136 valence electrons. The Balaban J connectivity index is 1.43. The van der Waals surface area contributed by atoms with Gasteiger partial charge in [-0.15, -0.1) is 0 Å². The minimum absolute atomic E-state index is 0.195. The van der Waals surface area contributed by atoms with Gasteiger partial charge in [0.1, 0.15) is 0 Å². The maximum atomic E-state index is 13.0. The molecule has 2 heterocycles. The van der Waals surface area contributed by atoms with E-state index >= 15 is 0 Å². The number of hydrogen-bond acceptors (Lipinski definition) is 2. The quantitative estimate of drug-likeness (QED) is 0.837. The van der Waals surface area contributed by atoms with E-state index in [4.69, 9.17) is 0 Å². The Morgan fingerprint density at radius 1 is 0.962 bits per heavy atom. The molecule has 0 aromatic heterocycles. The number of benzene rings is 2. The minimum atomic E-state index is 0.195. The van der Waals surface area contributed by atoms with Gasteiger partial charge in [0, 0.05) is 24.7 Å². The second kappa shape index (κ2) is 7.63. The molecular formula is C23H28N2O. The first-order chi connectivity index (χ1) is 12.7. The Bertz CT molecular complexity index is 756.